The van der Waals surface area contributed by atoms with E-state index in [-0.39, 0.29) is 0 Å². The van der Waals surface area contributed by atoms with Crippen molar-refractivity contribution in [3.8, 4) is 0 Å². The quantitative estimate of drug-likeness (QED) is 0.722. The number of Topliss-reactive ketones (excluding diaryl/α,β-unsaturated/α-hetero) is 1. The molecule has 13 heavy (non-hydrogen) atoms. The second-order valence-corrected chi connectivity index (χ2v) is 3.40. The molecule has 1 aliphatic heterocycles. The average Bonchev–Trinajstić information content (AvgIpc) is 2.62. The van der Waals surface area contributed by atoms with E-state index in [0.29, 0.717) is 18.6 Å². The van der Waals surface area contributed by atoms with Gasteiger partial charge < -0.3 is 0 Å². The summed E-state index contributed by atoms with van der Waals surface area (Å²) in [4.78, 5) is 13.2. The zero-order valence-electron chi connectivity index (χ0n) is 7.49. The molecule has 0 amide bonds. The van der Waals surface area contributed by atoms with Gasteiger partial charge in [-0.1, -0.05) is 0 Å². The maximum Gasteiger partial charge on any atom is 0.135 e. The van der Waals surface area contributed by atoms with Gasteiger partial charge in [-0.05, 0) is 6.07 Å². The molecule has 0 saturated carbocycles. The second kappa shape index (κ2) is 3.70. The molecule has 70 valence electrons. The third kappa shape index (κ3) is 2.15. The van der Waals surface area contributed by atoms with E-state index < -0.39 is 0 Å². The lowest BCUT2D eigenvalue weighted by molar-refractivity contribution is -0.121. The number of ketones is 1. The minimum atomic E-state index is 0.390. The number of aromatic nitrogens is 2. The van der Waals surface area contributed by atoms with Crippen molar-refractivity contribution < 1.29 is 4.79 Å². The molecular weight excluding hydrogens is 166 g/mol. The van der Waals surface area contributed by atoms with Crippen molar-refractivity contribution in [1.82, 2.24) is 15.1 Å². The Morgan fingerprint density at radius 1 is 1.46 bits per heavy atom. The Kier molecular flexibility index (Phi) is 2.40. The van der Waals surface area contributed by atoms with E-state index in [0.717, 1.165) is 25.3 Å². The van der Waals surface area contributed by atoms with Gasteiger partial charge >= 0.3 is 0 Å². The molecule has 1 aromatic heterocycles. The van der Waals surface area contributed by atoms with Crippen LogP contribution in [0.5, 0.6) is 0 Å². The Labute approximate surface area is 76.9 Å². The van der Waals surface area contributed by atoms with Crippen LogP contribution in [0.4, 0.5) is 0 Å². The fraction of sp³-hybridized carbons (Fsp3) is 0.556. The lowest BCUT2D eigenvalue weighted by atomic mass is 10.1. The molecule has 4 nitrogen and oxygen atoms in total. The van der Waals surface area contributed by atoms with Crippen LogP contribution >= 0.6 is 0 Å². The predicted molar refractivity (Wildman–Crippen MR) is 48.1 cm³/mol. The van der Waals surface area contributed by atoms with Crippen molar-refractivity contribution in [1.29, 1.82) is 0 Å². The van der Waals surface area contributed by atoms with Crippen LogP contribution in [0.25, 0.3) is 0 Å². The number of piperidine rings is 1. The van der Waals surface area contributed by atoms with Gasteiger partial charge in [0.25, 0.3) is 0 Å². The molecule has 0 radical (unpaired) electrons. The maximum atomic E-state index is 11.0. The van der Waals surface area contributed by atoms with Crippen LogP contribution in [-0.2, 0) is 11.3 Å². The zero-order valence-corrected chi connectivity index (χ0v) is 7.49. The van der Waals surface area contributed by atoms with Crippen molar-refractivity contribution >= 4 is 5.78 Å². The van der Waals surface area contributed by atoms with E-state index in [9.17, 15) is 4.79 Å². The molecule has 1 fully saturated rings. The Hall–Kier alpha value is -1.16. The van der Waals surface area contributed by atoms with Crippen molar-refractivity contribution in [2.45, 2.75) is 19.4 Å². The van der Waals surface area contributed by atoms with Gasteiger partial charge in [0, 0.05) is 44.4 Å². The van der Waals surface area contributed by atoms with Crippen LogP contribution < -0.4 is 0 Å². The third-order valence-corrected chi connectivity index (χ3v) is 2.37. The summed E-state index contributed by atoms with van der Waals surface area (Å²) in [6.07, 6.45) is 3.16. The van der Waals surface area contributed by atoms with E-state index in [2.05, 4.69) is 15.1 Å². The van der Waals surface area contributed by atoms with Gasteiger partial charge in [-0.2, -0.15) is 5.10 Å². The number of hydrogen-bond acceptors (Lipinski definition) is 3. The number of likely N-dealkylation sites (tertiary alicyclic amines) is 1. The fourth-order valence-electron chi connectivity index (χ4n) is 1.57. The number of hydrogen-bond donors (Lipinski definition) is 1. The lowest BCUT2D eigenvalue weighted by Crippen LogP contribution is -2.33. The normalized spacial score (nSPS) is 19.2. The first-order valence-electron chi connectivity index (χ1n) is 4.57. The average molecular weight is 179 g/mol. The maximum absolute atomic E-state index is 11.0. The van der Waals surface area contributed by atoms with Gasteiger partial charge in [0.1, 0.15) is 5.78 Å². The van der Waals surface area contributed by atoms with Crippen LogP contribution in [0.1, 0.15) is 18.5 Å². The van der Waals surface area contributed by atoms with Crippen molar-refractivity contribution in [2.24, 2.45) is 0 Å². The Balaban J connectivity index is 1.86. The van der Waals surface area contributed by atoms with Gasteiger partial charge in [0.15, 0.2) is 0 Å². The Morgan fingerprint density at radius 3 is 2.85 bits per heavy atom. The van der Waals surface area contributed by atoms with Crippen LogP contribution in [0, 0.1) is 0 Å². The molecule has 1 saturated heterocycles. The fourth-order valence-corrected chi connectivity index (χ4v) is 1.57. The van der Waals surface area contributed by atoms with Gasteiger partial charge in [-0.3, -0.25) is 14.8 Å². The number of nitrogens with zero attached hydrogens (tertiary/aromatic N) is 2. The highest BCUT2D eigenvalue weighted by Gasteiger charge is 2.15. The number of carbonyl (C=O) groups excluding carboxylic acids is 1. The molecule has 2 heterocycles. The Morgan fingerprint density at radius 2 is 2.23 bits per heavy atom. The minimum Gasteiger partial charge on any atom is -0.300 e. The van der Waals surface area contributed by atoms with Gasteiger partial charge in [0.05, 0.1) is 0 Å². The number of rotatable bonds is 2. The lowest BCUT2D eigenvalue weighted by Gasteiger charge is -2.24. The number of H-pyrrole nitrogens is 1. The first-order chi connectivity index (χ1) is 6.34. The molecule has 0 unspecified atom stereocenters. The monoisotopic (exact) mass is 179 g/mol. The highest BCUT2D eigenvalue weighted by molar-refractivity contribution is 5.79. The summed E-state index contributed by atoms with van der Waals surface area (Å²) < 4.78 is 0. The van der Waals surface area contributed by atoms with Gasteiger partial charge in [-0.25, -0.2) is 0 Å². The molecule has 1 N–H and O–H groups in total. The zero-order chi connectivity index (χ0) is 9.10. The first-order valence-corrected chi connectivity index (χ1v) is 4.57. The van der Waals surface area contributed by atoms with Crippen LogP contribution in [0.2, 0.25) is 0 Å². The SMILES string of the molecule is O=C1CCN(Cc2ccn[nH]2)CC1. The topological polar surface area (TPSA) is 49.0 Å². The van der Waals surface area contributed by atoms with Gasteiger partial charge in [-0.15, -0.1) is 0 Å². The molecule has 0 aliphatic carbocycles. The number of aromatic amines is 1. The second-order valence-electron chi connectivity index (χ2n) is 3.40. The molecule has 0 bridgehead atoms. The molecule has 0 atom stereocenters. The number of nitrogens with one attached hydrogen (secondary N) is 1. The molecular formula is C9H13N3O. The molecule has 4 heteroatoms. The largest absolute Gasteiger partial charge is 0.300 e. The minimum absolute atomic E-state index is 0.390. The van der Waals surface area contributed by atoms with E-state index >= 15 is 0 Å². The summed E-state index contributed by atoms with van der Waals surface area (Å²) in [6.45, 7) is 2.66. The van der Waals surface area contributed by atoms with E-state index in [1.54, 1.807) is 6.20 Å². The number of carbonyl (C=O) groups is 1. The van der Waals surface area contributed by atoms with Gasteiger partial charge in [0.2, 0.25) is 0 Å². The van der Waals surface area contributed by atoms with Crippen molar-refractivity contribution in [3.05, 3.63) is 18.0 Å². The highest BCUT2D eigenvalue weighted by atomic mass is 16.1. The summed E-state index contributed by atoms with van der Waals surface area (Å²) in [5, 5.41) is 6.80. The summed E-state index contributed by atoms with van der Waals surface area (Å²) in [6, 6.07) is 1.97. The standard InChI is InChI=1S/C9H13N3O/c13-9-2-5-12(6-3-9)7-8-1-4-10-11-8/h1,4H,2-3,5-7H2,(H,10,11). The third-order valence-electron chi connectivity index (χ3n) is 2.37. The van der Waals surface area contributed by atoms with Crippen molar-refractivity contribution in [3.63, 3.8) is 0 Å². The summed E-state index contributed by atoms with van der Waals surface area (Å²) >= 11 is 0. The Bertz CT molecular complexity index is 271. The molecule has 2 rings (SSSR count). The molecule has 1 aliphatic rings. The van der Waals surface area contributed by atoms with E-state index in [1.807, 2.05) is 6.07 Å². The van der Waals surface area contributed by atoms with Crippen LogP contribution in [-0.4, -0.2) is 34.0 Å². The summed E-state index contributed by atoms with van der Waals surface area (Å²) in [5.74, 6) is 0.390. The van der Waals surface area contributed by atoms with E-state index in [4.69, 9.17) is 0 Å². The molecule has 0 aromatic carbocycles. The first kappa shape index (κ1) is 8.44. The summed E-state index contributed by atoms with van der Waals surface area (Å²) in [5.41, 5.74) is 1.12. The predicted octanol–water partition coefficient (Wildman–Crippen LogP) is 0.575. The smallest absolute Gasteiger partial charge is 0.135 e. The highest BCUT2D eigenvalue weighted by Crippen LogP contribution is 2.08. The van der Waals surface area contributed by atoms with E-state index in [1.165, 1.54) is 0 Å². The van der Waals surface area contributed by atoms with Crippen molar-refractivity contribution in [2.75, 3.05) is 13.1 Å². The van der Waals surface area contributed by atoms with Crippen LogP contribution in [0.15, 0.2) is 12.3 Å². The van der Waals surface area contributed by atoms with Crippen LogP contribution in [0.3, 0.4) is 0 Å². The molecule has 1 aromatic rings. The summed E-state index contributed by atoms with van der Waals surface area (Å²) in [7, 11) is 0. The molecule has 0 spiro atoms.